The Morgan fingerprint density at radius 1 is 1.42 bits per heavy atom. The summed E-state index contributed by atoms with van der Waals surface area (Å²) < 4.78 is 5.37. The fourth-order valence-electron chi connectivity index (χ4n) is 2.95. The standard InChI is InChI=1S/C18H22N4O2/c1-2-10-19-18(23)15-9-6-11-22(12-15)13-16-20-17(21-24-16)14-7-4-3-5-8-14/h2-5,7-8,15H,1,6,9-13H2,(H,19,23). The third kappa shape index (κ3) is 4.08. The second kappa shape index (κ2) is 7.88. The number of rotatable bonds is 6. The van der Waals surface area contributed by atoms with Gasteiger partial charge in [-0.3, -0.25) is 9.69 Å². The number of aromatic nitrogens is 2. The van der Waals surface area contributed by atoms with E-state index in [9.17, 15) is 4.79 Å². The van der Waals surface area contributed by atoms with E-state index in [4.69, 9.17) is 4.52 Å². The Bertz CT molecular complexity index is 683. The number of hydrogen-bond acceptors (Lipinski definition) is 5. The first-order valence-corrected chi connectivity index (χ1v) is 8.25. The van der Waals surface area contributed by atoms with Crippen LogP contribution in [0, 0.1) is 5.92 Å². The monoisotopic (exact) mass is 326 g/mol. The number of benzene rings is 1. The predicted molar refractivity (Wildman–Crippen MR) is 90.9 cm³/mol. The molecule has 2 heterocycles. The van der Waals surface area contributed by atoms with Crippen LogP contribution in [-0.4, -0.2) is 40.6 Å². The number of carbonyl (C=O) groups excluding carboxylic acids is 1. The topological polar surface area (TPSA) is 71.3 Å². The number of piperidine rings is 1. The lowest BCUT2D eigenvalue weighted by Crippen LogP contribution is -2.42. The zero-order chi connectivity index (χ0) is 16.8. The van der Waals surface area contributed by atoms with Crippen molar-refractivity contribution >= 4 is 5.91 Å². The molecule has 2 aromatic rings. The lowest BCUT2D eigenvalue weighted by molar-refractivity contribution is -0.126. The molecule has 1 atom stereocenters. The van der Waals surface area contributed by atoms with Crippen molar-refractivity contribution in [1.29, 1.82) is 0 Å². The van der Waals surface area contributed by atoms with Gasteiger partial charge in [-0.25, -0.2) is 0 Å². The molecular weight excluding hydrogens is 304 g/mol. The maximum Gasteiger partial charge on any atom is 0.241 e. The maximum absolute atomic E-state index is 12.1. The Kier molecular flexibility index (Phi) is 5.38. The van der Waals surface area contributed by atoms with E-state index in [-0.39, 0.29) is 11.8 Å². The zero-order valence-corrected chi connectivity index (χ0v) is 13.6. The molecule has 126 valence electrons. The molecule has 0 radical (unpaired) electrons. The van der Waals surface area contributed by atoms with Gasteiger partial charge < -0.3 is 9.84 Å². The van der Waals surface area contributed by atoms with E-state index < -0.39 is 0 Å². The molecule has 1 N–H and O–H groups in total. The van der Waals surface area contributed by atoms with Crippen molar-refractivity contribution in [2.45, 2.75) is 19.4 Å². The van der Waals surface area contributed by atoms with Crippen LogP contribution in [0.1, 0.15) is 18.7 Å². The molecule has 1 saturated heterocycles. The predicted octanol–water partition coefficient (Wildman–Crippen LogP) is 2.25. The molecule has 6 heteroatoms. The highest BCUT2D eigenvalue weighted by Gasteiger charge is 2.26. The lowest BCUT2D eigenvalue weighted by atomic mass is 9.97. The summed E-state index contributed by atoms with van der Waals surface area (Å²) in [4.78, 5) is 18.8. The third-order valence-electron chi connectivity index (χ3n) is 4.16. The minimum atomic E-state index is 0.00946. The van der Waals surface area contributed by atoms with Crippen LogP contribution in [0.4, 0.5) is 0 Å². The summed E-state index contributed by atoms with van der Waals surface area (Å²) in [6.45, 7) is 6.36. The Morgan fingerprint density at radius 3 is 3.04 bits per heavy atom. The second-order valence-corrected chi connectivity index (χ2v) is 5.99. The highest BCUT2D eigenvalue weighted by atomic mass is 16.5. The first-order chi connectivity index (χ1) is 11.8. The zero-order valence-electron chi connectivity index (χ0n) is 13.6. The van der Waals surface area contributed by atoms with Gasteiger partial charge >= 0.3 is 0 Å². The van der Waals surface area contributed by atoms with Crippen molar-refractivity contribution in [3.63, 3.8) is 0 Å². The highest BCUT2D eigenvalue weighted by Crippen LogP contribution is 2.20. The van der Waals surface area contributed by atoms with Crippen LogP contribution in [-0.2, 0) is 11.3 Å². The molecule has 1 aliphatic heterocycles. The smallest absolute Gasteiger partial charge is 0.241 e. The van der Waals surface area contributed by atoms with Gasteiger partial charge in [0.1, 0.15) is 0 Å². The van der Waals surface area contributed by atoms with Crippen LogP contribution < -0.4 is 5.32 Å². The van der Waals surface area contributed by atoms with E-state index in [1.807, 2.05) is 30.3 Å². The Balaban J connectivity index is 1.59. The van der Waals surface area contributed by atoms with Gasteiger partial charge in [-0.2, -0.15) is 4.98 Å². The normalized spacial score (nSPS) is 18.2. The first-order valence-electron chi connectivity index (χ1n) is 8.25. The molecule has 0 saturated carbocycles. The Labute approximate surface area is 141 Å². The van der Waals surface area contributed by atoms with Crippen molar-refractivity contribution in [2.24, 2.45) is 5.92 Å². The van der Waals surface area contributed by atoms with Gasteiger partial charge in [-0.05, 0) is 19.4 Å². The number of amides is 1. The molecule has 1 fully saturated rings. The van der Waals surface area contributed by atoms with Gasteiger partial charge in [0.15, 0.2) is 0 Å². The molecule has 1 amide bonds. The van der Waals surface area contributed by atoms with Gasteiger partial charge in [0, 0.05) is 18.7 Å². The van der Waals surface area contributed by atoms with Crippen molar-refractivity contribution in [1.82, 2.24) is 20.4 Å². The molecule has 1 aromatic heterocycles. The second-order valence-electron chi connectivity index (χ2n) is 5.99. The summed E-state index contributed by atoms with van der Waals surface area (Å²) in [5.74, 6) is 1.29. The van der Waals surface area contributed by atoms with Crippen LogP contribution in [0.3, 0.4) is 0 Å². The number of carbonyl (C=O) groups is 1. The van der Waals surface area contributed by atoms with Crippen LogP contribution in [0.15, 0.2) is 47.5 Å². The third-order valence-corrected chi connectivity index (χ3v) is 4.16. The van der Waals surface area contributed by atoms with Crippen molar-refractivity contribution in [2.75, 3.05) is 19.6 Å². The number of nitrogens with zero attached hydrogens (tertiary/aromatic N) is 3. The maximum atomic E-state index is 12.1. The average Bonchev–Trinajstić information content (AvgIpc) is 3.09. The van der Waals surface area contributed by atoms with Gasteiger partial charge in [-0.1, -0.05) is 41.6 Å². The Morgan fingerprint density at radius 2 is 2.25 bits per heavy atom. The largest absolute Gasteiger partial charge is 0.352 e. The van der Waals surface area contributed by atoms with Crippen LogP contribution in [0.2, 0.25) is 0 Å². The van der Waals surface area contributed by atoms with E-state index in [1.165, 1.54) is 0 Å². The lowest BCUT2D eigenvalue weighted by Gasteiger charge is -2.30. The van der Waals surface area contributed by atoms with Gasteiger partial charge in [0.2, 0.25) is 17.6 Å². The molecular formula is C18H22N4O2. The number of hydrogen-bond donors (Lipinski definition) is 1. The van der Waals surface area contributed by atoms with E-state index >= 15 is 0 Å². The van der Waals surface area contributed by atoms with E-state index in [0.29, 0.717) is 31.3 Å². The molecule has 1 unspecified atom stereocenters. The molecule has 3 rings (SSSR count). The quantitative estimate of drug-likeness (QED) is 0.825. The summed E-state index contributed by atoms with van der Waals surface area (Å²) in [5, 5.41) is 6.92. The minimum Gasteiger partial charge on any atom is -0.352 e. The summed E-state index contributed by atoms with van der Waals surface area (Å²) in [6, 6.07) is 9.76. The minimum absolute atomic E-state index is 0.00946. The molecule has 0 bridgehead atoms. The number of likely N-dealkylation sites (tertiary alicyclic amines) is 1. The van der Waals surface area contributed by atoms with Crippen LogP contribution >= 0.6 is 0 Å². The van der Waals surface area contributed by atoms with E-state index in [2.05, 4.69) is 26.9 Å². The summed E-state index contributed by atoms with van der Waals surface area (Å²) >= 11 is 0. The molecule has 24 heavy (non-hydrogen) atoms. The average molecular weight is 326 g/mol. The van der Waals surface area contributed by atoms with Crippen molar-refractivity contribution < 1.29 is 9.32 Å². The Hall–Kier alpha value is -2.47. The first kappa shape index (κ1) is 16.4. The summed E-state index contributed by atoms with van der Waals surface area (Å²) in [6.07, 6.45) is 3.60. The highest BCUT2D eigenvalue weighted by molar-refractivity contribution is 5.79. The van der Waals surface area contributed by atoms with Crippen LogP contribution in [0.5, 0.6) is 0 Å². The summed E-state index contributed by atoms with van der Waals surface area (Å²) in [5.41, 5.74) is 0.938. The van der Waals surface area contributed by atoms with Crippen molar-refractivity contribution in [3.05, 3.63) is 48.9 Å². The van der Waals surface area contributed by atoms with E-state index in [1.54, 1.807) is 6.08 Å². The molecule has 1 aliphatic rings. The SMILES string of the molecule is C=CCNC(=O)C1CCCN(Cc2nc(-c3ccccc3)no2)C1. The van der Waals surface area contributed by atoms with Crippen LogP contribution in [0.25, 0.3) is 11.4 Å². The molecule has 6 nitrogen and oxygen atoms in total. The van der Waals surface area contributed by atoms with Gasteiger partial charge in [-0.15, -0.1) is 6.58 Å². The van der Waals surface area contributed by atoms with E-state index in [0.717, 1.165) is 24.9 Å². The molecule has 0 aliphatic carbocycles. The molecule has 1 aromatic carbocycles. The van der Waals surface area contributed by atoms with Gasteiger partial charge in [0.25, 0.3) is 0 Å². The fraction of sp³-hybridized carbons (Fsp3) is 0.389. The number of nitrogens with one attached hydrogen (secondary N) is 1. The van der Waals surface area contributed by atoms with Crippen molar-refractivity contribution in [3.8, 4) is 11.4 Å². The molecule has 0 spiro atoms. The summed E-state index contributed by atoms with van der Waals surface area (Å²) in [7, 11) is 0. The van der Waals surface area contributed by atoms with Gasteiger partial charge in [0.05, 0.1) is 12.5 Å². The fourth-order valence-corrected chi connectivity index (χ4v) is 2.95.